The van der Waals surface area contributed by atoms with E-state index in [0.717, 1.165) is 0 Å². The van der Waals surface area contributed by atoms with E-state index in [9.17, 15) is 4.79 Å². The third-order valence-corrected chi connectivity index (χ3v) is 2.99. The van der Waals surface area contributed by atoms with E-state index in [2.05, 4.69) is 4.74 Å². The van der Waals surface area contributed by atoms with Crippen molar-refractivity contribution in [2.24, 2.45) is 0 Å². The number of ether oxygens (including phenoxy) is 1. The Balaban J connectivity index is 2.48. The van der Waals surface area contributed by atoms with E-state index in [0.29, 0.717) is 22.8 Å². The summed E-state index contributed by atoms with van der Waals surface area (Å²) in [5.74, 6) is 0.917. The van der Waals surface area contributed by atoms with Crippen LogP contribution in [0.25, 0.3) is 0 Å². The summed E-state index contributed by atoms with van der Waals surface area (Å²) < 4.78 is 9.72. The minimum absolute atomic E-state index is 0.269. The highest BCUT2D eigenvalue weighted by Gasteiger charge is 2.15. The summed E-state index contributed by atoms with van der Waals surface area (Å²) in [5, 5.41) is 17.7. The van der Waals surface area contributed by atoms with Crippen molar-refractivity contribution in [3.05, 3.63) is 23.7 Å². The van der Waals surface area contributed by atoms with E-state index < -0.39 is 12.1 Å². The Hall–Kier alpha value is -0.980. The zero-order valence-electron chi connectivity index (χ0n) is 8.88. The Morgan fingerprint density at radius 3 is 3.06 bits per heavy atom. The predicted molar refractivity (Wildman–Crippen MR) is 59.3 cm³/mol. The van der Waals surface area contributed by atoms with Crippen molar-refractivity contribution in [1.82, 2.24) is 0 Å². The highest BCUT2D eigenvalue weighted by Crippen LogP contribution is 2.19. The van der Waals surface area contributed by atoms with E-state index in [1.54, 1.807) is 6.07 Å². The van der Waals surface area contributed by atoms with Crippen molar-refractivity contribution >= 4 is 17.7 Å². The minimum Gasteiger partial charge on any atom is -0.468 e. The first kappa shape index (κ1) is 13.1. The molecule has 1 rings (SSSR count). The lowest BCUT2D eigenvalue weighted by Crippen LogP contribution is -2.14. The lowest BCUT2D eigenvalue weighted by Gasteiger charge is -2.05. The molecule has 90 valence electrons. The van der Waals surface area contributed by atoms with Crippen LogP contribution in [0.2, 0.25) is 0 Å². The summed E-state index contributed by atoms with van der Waals surface area (Å²) in [7, 11) is 1.31. The Labute approximate surface area is 97.4 Å². The molecule has 0 saturated carbocycles. The van der Waals surface area contributed by atoms with Crippen LogP contribution in [-0.4, -0.2) is 41.8 Å². The number of carbonyl (C=O) groups excluding carboxylic acids is 1. The molecule has 1 aromatic heterocycles. The van der Waals surface area contributed by atoms with Crippen LogP contribution in [0.4, 0.5) is 0 Å². The van der Waals surface area contributed by atoms with Gasteiger partial charge in [0.15, 0.2) is 0 Å². The van der Waals surface area contributed by atoms with Gasteiger partial charge in [-0.15, -0.1) is 0 Å². The summed E-state index contributed by atoms with van der Waals surface area (Å²) >= 11 is 1.37. The van der Waals surface area contributed by atoms with Gasteiger partial charge in [-0.25, -0.2) is 4.79 Å². The van der Waals surface area contributed by atoms with Gasteiger partial charge in [0.1, 0.15) is 11.3 Å². The smallest absolute Gasteiger partial charge is 0.341 e. The van der Waals surface area contributed by atoms with Gasteiger partial charge in [-0.3, -0.25) is 0 Å². The second-order valence-electron chi connectivity index (χ2n) is 3.10. The van der Waals surface area contributed by atoms with Crippen molar-refractivity contribution < 1.29 is 24.2 Å². The molecule has 0 aliphatic rings. The maximum absolute atomic E-state index is 11.3. The molecule has 6 heteroatoms. The van der Waals surface area contributed by atoms with Gasteiger partial charge in [0.05, 0.1) is 31.8 Å². The highest BCUT2D eigenvalue weighted by molar-refractivity contribution is 7.98. The van der Waals surface area contributed by atoms with Gasteiger partial charge in [-0.1, -0.05) is 0 Å². The van der Waals surface area contributed by atoms with Gasteiger partial charge >= 0.3 is 5.97 Å². The van der Waals surface area contributed by atoms with Crippen LogP contribution in [0, 0.1) is 0 Å². The van der Waals surface area contributed by atoms with Gasteiger partial charge in [-0.2, -0.15) is 11.8 Å². The number of aliphatic hydroxyl groups is 2. The largest absolute Gasteiger partial charge is 0.468 e. The lowest BCUT2D eigenvalue weighted by molar-refractivity contribution is 0.0598. The average molecular weight is 246 g/mol. The fourth-order valence-electron chi connectivity index (χ4n) is 1.08. The normalized spacial score (nSPS) is 12.4. The van der Waals surface area contributed by atoms with E-state index in [1.807, 2.05) is 0 Å². The Bertz CT molecular complexity index is 336. The number of rotatable bonds is 6. The van der Waals surface area contributed by atoms with E-state index in [4.69, 9.17) is 14.6 Å². The molecule has 2 N–H and O–H groups in total. The number of methoxy groups -OCH3 is 1. The number of hydrogen-bond donors (Lipinski definition) is 2. The summed E-state index contributed by atoms with van der Waals surface area (Å²) in [4.78, 5) is 11.3. The first-order valence-electron chi connectivity index (χ1n) is 4.70. The molecule has 5 nitrogen and oxygen atoms in total. The zero-order valence-corrected chi connectivity index (χ0v) is 9.70. The van der Waals surface area contributed by atoms with Crippen LogP contribution in [0.5, 0.6) is 0 Å². The van der Waals surface area contributed by atoms with E-state index in [-0.39, 0.29) is 6.61 Å². The molecule has 0 amide bonds. The second-order valence-corrected chi connectivity index (χ2v) is 4.13. The minimum atomic E-state index is -0.749. The molecule has 1 unspecified atom stereocenters. The number of thioether (sulfide) groups is 1. The first-order chi connectivity index (χ1) is 7.69. The summed E-state index contributed by atoms with van der Waals surface area (Å²) in [6, 6.07) is 1.55. The average Bonchev–Trinajstić information content (AvgIpc) is 2.76. The number of furan rings is 1. The van der Waals surface area contributed by atoms with E-state index in [1.165, 1.54) is 25.1 Å². The Morgan fingerprint density at radius 1 is 1.69 bits per heavy atom. The number of carbonyl (C=O) groups is 1. The van der Waals surface area contributed by atoms with Crippen molar-refractivity contribution in [3.8, 4) is 0 Å². The highest BCUT2D eigenvalue weighted by atomic mass is 32.2. The Kier molecular flexibility index (Phi) is 5.37. The number of aliphatic hydroxyl groups excluding tert-OH is 2. The molecular formula is C10H14O5S. The topological polar surface area (TPSA) is 79.9 Å². The molecule has 0 bridgehead atoms. The van der Waals surface area contributed by atoms with Crippen LogP contribution in [0.15, 0.2) is 16.7 Å². The van der Waals surface area contributed by atoms with Gasteiger partial charge in [0.2, 0.25) is 0 Å². The molecule has 1 atom stereocenters. The maximum Gasteiger partial charge on any atom is 0.341 e. The molecule has 0 aliphatic carbocycles. The number of esters is 1. The van der Waals surface area contributed by atoms with Crippen LogP contribution in [0.1, 0.15) is 16.1 Å². The fourth-order valence-corrected chi connectivity index (χ4v) is 1.99. The third-order valence-electron chi connectivity index (χ3n) is 1.90. The van der Waals surface area contributed by atoms with Gasteiger partial charge < -0.3 is 19.4 Å². The van der Waals surface area contributed by atoms with Crippen LogP contribution >= 0.6 is 11.8 Å². The van der Waals surface area contributed by atoms with Gasteiger partial charge in [-0.05, 0) is 6.07 Å². The zero-order chi connectivity index (χ0) is 12.0. The molecule has 0 aromatic carbocycles. The lowest BCUT2D eigenvalue weighted by atomic mass is 10.3. The quantitative estimate of drug-likeness (QED) is 0.717. The van der Waals surface area contributed by atoms with Gasteiger partial charge in [0.25, 0.3) is 0 Å². The number of hydrogen-bond acceptors (Lipinski definition) is 6. The molecule has 0 fully saturated rings. The summed E-state index contributed by atoms with van der Waals surface area (Å²) in [6.45, 7) is -0.269. The molecule has 16 heavy (non-hydrogen) atoms. The second kappa shape index (κ2) is 6.57. The van der Waals surface area contributed by atoms with Crippen LogP contribution in [0.3, 0.4) is 0 Å². The van der Waals surface area contributed by atoms with Crippen LogP contribution < -0.4 is 0 Å². The van der Waals surface area contributed by atoms with Crippen LogP contribution in [-0.2, 0) is 10.5 Å². The molecule has 1 aromatic rings. The molecule has 0 radical (unpaired) electrons. The van der Waals surface area contributed by atoms with Crippen molar-refractivity contribution in [2.45, 2.75) is 11.9 Å². The summed E-state index contributed by atoms with van der Waals surface area (Å²) in [6.07, 6.45) is 0.673. The summed E-state index contributed by atoms with van der Waals surface area (Å²) in [5.41, 5.74) is 0.397. The Morgan fingerprint density at radius 2 is 2.44 bits per heavy atom. The van der Waals surface area contributed by atoms with Crippen molar-refractivity contribution in [1.29, 1.82) is 0 Å². The van der Waals surface area contributed by atoms with Crippen molar-refractivity contribution in [3.63, 3.8) is 0 Å². The molecule has 0 spiro atoms. The van der Waals surface area contributed by atoms with Crippen molar-refractivity contribution in [2.75, 3.05) is 19.5 Å². The van der Waals surface area contributed by atoms with E-state index >= 15 is 0 Å². The predicted octanol–water partition coefficient (Wildman–Crippen LogP) is 0.653. The third kappa shape index (κ3) is 3.55. The molecular weight excluding hydrogens is 232 g/mol. The van der Waals surface area contributed by atoms with Gasteiger partial charge in [0, 0.05) is 5.75 Å². The molecule has 0 aliphatic heterocycles. The molecule has 0 saturated heterocycles. The monoisotopic (exact) mass is 246 g/mol. The molecule has 1 heterocycles. The fraction of sp³-hybridized carbons (Fsp3) is 0.500. The SMILES string of the molecule is COC(=O)c1ccoc1CSCC(O)CO. The maximum atomic E-state index is 11.3. The first-order valence-corrected chi connectivity index (χ1v) is 5.85. The standard InChI is InChI=1S/C10H14O5S/c1-14-10(13)8-2-3-15-9(8)6-16-5-7(12)4-11/h2-3,7,11-12H,4-6H2,1H3.